The van der Waals surface area contributed by atoms with E-state index in [0.717, 1.165) is 64.2 Å². The number of rotatable bonds is 38. The zero-order valence-electron chi connectivity index (χ0n) is 48.5. The maximum Gasteiger partial charge on any atom is 0.169 e. The van der Waals surface area contributed by atoms with Crippen LogP contribution in [0.15, 0.2) is 36.4 Å². The van der Waals surface area contributed by atoms with Crippen molar-refractivity contribution in [2.24, 2.45) is 0 Å². The van der Waals surface area contributed by atoms with Crippen LogP contribution in [0.4, 0.5) is 0 Å². The van der Waals surface area contributed by atoms with Crippen molar-refractivity contribution in [2.75, 3.05) is 79.3 Å². The van der Waals surface area contributed by atoms with Crippen molar-refractivity contribution in [3.63, 3.8) is 0 Å². The van der Waals surface area contributed by atoms with Crippen molar-refractivity contribution in [2.45, 2.75) is 238 Å². The Morgan fingerprint density at radius 1 is 0.384 bits per heavy atom. The summed E-state index contributed by atoms with van der Waals surface area (Å²) in [5, 5.41) is 17.5. The van der Waals surface area contributed by atoms with Gasteiger partial charge < -0.3 is 37.9 Å². The lowest BCUT2D eigenvalue weighted by molar-refractivity contribution is -0.193. The summed E-state index contributed by atoms with van der Waals surface area (Å²) in [4.78, 5) is 0. The van der Waals surface area contributed by atoms with Crippen LogP contribution in [0.2, 0.25) is 0 Å². The van der Waals surface area contributed by atoms with Crippen molar-refractivity contribution in [3.8, 4) is 12.1 Å². The second-order valence-electron chi connectivity index (χ2n) is 24.7. The van der Waals surface area contributed by atoms with Crippen LogP contribution < -0.4 is 0 Å². The van der Waals surface area contributed by atoms with Crippen LogP contribution in [0, 0.1) is 22.7 Å². The lowest BCUT2D eigenvalue weighted by Gasteiger charge is -2.29. The third-order valence-corrected chi connectivity index (χ3v) is 13.8. The zero-order valence-corrected chi connectivity index (χ0v) is 48.5. The van der Waals surface area contributed by atoms with E-state index in [4.69, 9.17) is 48.4 Å². The molecule has 10 nitrogen and oxygen atoms in total. The first-order valence-electron chi connectivity index (χ1n) is 28.5. The summed E-state index contributed by atoms with van der Waals surface area (Å²) in [5.74, 6) is -0.686. The Hall–Kier alpha value is -2.90. The summed E-state index contributed by atoms with van der Waals surface area (Å²) in [6, 6.07) is 18.9. The van der Waals surface area contributed by atoms with Gasteiger partial charge in [0.2, 0.25) is 0 Å². The van der Waals surface area contributed by atoms with Gasteiger partial charge >= 0.3 is 0 Å². The van der Waals surface area contributed by atoms with E-state index in [1.807, 2.05) is 0 Å². The molecule has 1 heterocycles. The van der Waals surface area contributed by atoms with Gasteiger partial charge in [-0.25, -0.2) is 0 Å². The van der Waals surface area contributed by atoms with Gasteiger partial charge in [0.25, 0.3) is 0 Å². The molecule has 10 heteroatoms. The molecule has 0 amide bonds. The van der Waals surface area contributed by atoms with Gasteiger partial charge in [-0.3, -0.25) is 0 Å². The monoisotopic (exact) mass is 1020 g/mol. The number of benzene rings is 2. The number of hydrogen-bond acceptors (Lipinski definition) is 10. The number of nitrogens with zero attached hydrogens (tertiary/aromatic N) is 2. The Morgan fingerprint density at radius 3 is 0.986 bits per heavy atom. The molecule has 0 saturated carbocycles. The van der Waals surface area contributed by atoms with Crippen molar-refractivity contribution in [3.05, 3.63) is 69.8 Å². The number of ether oxygens (including phenoxy) is 8. The molecule has 0 N–H and O–H groups in total. The maximum atomic E-state index is 8.75. The molecule has 0 bridgehead atoms. The first kappa shape index (κ1) is 64.4. The number of nitriles is 2. The molecule has 0 spiro atoms. The number of hydrogen-bond donors (Lipinski definition) is 0. The van der Waals surface area contributed by atoms with Gasteiger partial charge in [0.15, 0.2) is 5.79 Å². The van der Waals surface area contributed by atoms with Gasteiger partial charge in [-0.05, 0) is 106 Å². The molecule has 0 aromatic heterocycles. The standard InChI is InChI=1S/C63H104N2O8/c1-59(2,3)53-43-51(44-54(47-53)60(4,5)6)27-19-15-13-17-21-29-63(30-22-18-14-16-20-28-52-45-55(61(7,8)9)48-56(46-52)62(10,11)12)72-57(49-70-41-39-68-37-35-66-33-25-23-31-64)58(73-63)50-71-42-40-69-38-36-67-34-26-24-32-65/h43-48,57-58H,13-30,33-42,49-50H2,1-12H3. The molecule has 1 saturated heterocycles. The van der Waals surface area contributed by atoms with Crippen molar-refractivity contribution in [1.82, 2.24) is 0 Å². The summed E-state index contributed by atoms with van der Waals surface area (Å²) in [5.41, 5.74) is 9.13. The molecule has 2 aromatic carbocycles. The fourth-order valence-corrected chi connectivity index (χ4v) is 9.07. The minimum atomic E-state index is -0.686. The quantitative estimate of drug-likeness (QED) is 0.0601. The lowest BCUT2D eigenvalue weighted by Crippen LogP contribution is -2.32. The SMILES string of the molecule is CC(C)(C)c1cc(CCCCCCCC2(CCCCCCCc3cc(C(C)(C)C)cc(C(C)(C)C)c3)OC(COCCOCCOCCCC#N)C(COCCOCCOCCCC#N)O2)cc(C(C)(C)C)c1. The third kappa shape index (κ3) is 27.1. The summed E-state index contributed by atoms with van der Waals surface area (Å²) in [7, 11) is 0. The van der Waals surface area contributed by atoms with Crippen LogP contribution in [0.1, 0.15) is 219 Å². The van der Waals surface area contributed by atoms with E-state index in [-0.39, 0.29) is 33.9 Å². The van der Waals surface area contributed by atoms with E-state index in [0.29, 0.717) is 92.1 Å². The van der Waals surface area contributed by atoms with Crippen molar-refractivity contribution in [1.29, 1.82) is 10.5 Å². The molecule has 0 aliphatic carbocycles. The topological polar surface area (TPSA) is 121 Å². The van der Waals surface area contributed by atoms with Crippen molar-refractivity contribution < 1.29 is 37.9 Å². The Balaban J connectivity index is 1.63. The molecule has 2 aromatic rings. The Kier molecular flexibility index (Phi) is 30.0. The molecular formula is C63H104N2O8. The highest BCUT2D eigenvalue weighted by atomic mass is 16.8. The minimum absolute atomic E-state index is 0.122. The van der Waals surface area contributed by atoms with E-state index in [9.17, 15) is 0 Å². The van der Waals surface area contributed by atoms with Gasteiger partial charge in [-0.15, -0.1) is 0 Å². The minimum Gasteiger partial charge on any atom is -0.379 e. The highest BCUT2D eigenvalue weighted by Crippen LogP contribution is 2.39. The summed E-state index contributed by atoms with van der Waals surface area (Å²) in [6.45, 7) is 33.5. The molecule has 1 aliphatic heterocycles. The maximum absolute atomic E-state index is 8.75. The van der Waals surface area contributed by atoms with Gasteiger partial charge in [0.05, 0.1) is 78.2 Å². The predicted molar refractivity (Wildman–Crippen MR) is 298 cm³/mol. The first-order valence-corrected chi connectivity index (χ1v) is 28.5. The Bertz CT molecular complexity index is 1670. The van der Waals surface area contributed by atoms with Crippen LogP contribution in [0.3, 0.4) is 0 Å². The zero-order chi connectivity index (χ0) is 53.6. The van der Waals surface area contributed by atoms with Crippen LogP contribution in [0.25, 0.3) is 0 Å². The highest BCUT2D eigenvalue weighted by molar-refractivity contribution is 5.38. The molecule has 0 radical (unpaired) electrons. The summed E-state index contributed by atoms with van der Waals surface area (Å²) in [6.07, 6.45) is 17.4. The van der Waals surface area contributed by atoms with Crippen LogP contribution >= 0.6 is 0 Å². The van der Waals surface area contributed by atoms with E-state index in [1.54, 1.807) is 0 Å². The number of aryl methyl sites for hydroxylation is 2. The molecule has 1 fully saturated rings. The van der Waals surface area contributed by atoms with E-state index in [1.165, 1.54) is 71.9 Å². The molecule has 414 valence electrons. The van der Waals surface area contributed by atoms with Crippen LogP contribution in [-0.4, -0.2) is 97.3 Å². The second-order valence-corrected chi connectivity index (χ2v) is 24.7. The summed E-state index contributed by atoms with van der Waals surface area (Å²) >= 11 is 0. The largest absolute Gasteiger partial charge is 0.379 e. The van der Waals surface area contributed by atoms with Gasteiger partial charge in [0.1, 0.15) is 12.2 Å². The van der Waals surface area contributed by atoms with Crippen LogP contribution in [-0.2, 0) is 72.4 Å². The molecule has 1 aliphatic rings. The normalized spacial score (nSPS) is 16.2. The lowest BCUT2D eigenvalue weighted by atomic mass is 9.79. The predicted octanol–water partition coefficient (Wildman–Crippen LogP) is 14.5. The molecule has 2 atom stereocenters. The van der Waals surface area contributed by atoms with E-state index >= 15 is 0 Å². The van der Waals surface area contributed by atoms with Gasteiger partial charge in [-0.1, -0.05) is 158 Å². The average Bonchev–Trinajstić information content (AvgIpc) is 3.67. The number of unbranched alkanes of at least 4 members (excludes halogenated alkanes) is 10. The van der Waals surface area contributed by atoms with Crippen molar-refractivity contribution >= 4 is 0 Å². The third-order valence-electron chi connectivity index (χ3n) is 13.8. The van der Waals surface area contributed by atoms with Gasteiger partial charge in [-0.2, -0.15) is 10.5 Å². The molecule has 73 heavy (non-hydrogen) atoms. The summed E-state index contributed by atoms with van der Waals surface area (Å²) < 4.78 is 49.2. The van der Waals surface area contributed by atoms with E-state index in [2.05, 4.69) is 132 Å². The second kappa shape index (κ2) is 34.0. The average molecular weight is 1020 g/mol. The van der Waals surface area contributed by atoms with Gasteiger partial charge in [0, 0.05) is 38.9 Å². The van der Waals surface area contributed by atoms with E-state index < -0.39 is 5.79 Å². The van der Waals surface area contributed by atoms with Crippen LogP contribution in [0.5, 0.6) is 0 Å². The molecular weight excluding hydrogens is 913 g/mol. The fraction of sp³-hybridized carbons (Fsp3) is 0.778. The Morgan fingerprint density at radius 2 is 0.671 bits per heavy atom. The molecule has 3 rings (SSSR count). The first-order chi connectivity index (χ1) is 34.7. The highest BCUT2D eigenvalue weighted by Gasteiger charge is 2.47. The fourth-order valence-electron chi connectivity index (χ4n) is 9.07. The smallest absolute Gasteiger partial charge is 0.169 e. The molecule has 2 unspecified atom stereocenters. The Labute approximate surface area is 446 Å².